The van der Waals surface area contributed by atoms with Crippen LogP contribution in [-0.2, 0) is 4.79 Å². The van der Waals surface area contributed by atoms with E-state index in [-0.39, 0.29) is 11.8 Å². The van der Waals surface area contributed by atoms with E-state index in [0.29, 0.717) is 28.6 Å². The van der Waals surface area contributed by atoms with E-state index in [2.05, 4.69) is 10.9 Å². The van der Waals surface area contributed by atoms with Crippen molar-refractivity contribution in [1.82, 2.24) is 10.3 Å². The maximum absolute atomic E-state index is 12.7. The van der Waals surface area contributed by atoms with Crippen molar-refractivity contribution in [2.45, 2.75) is 32.2 Å². The highest BCUT2D eigenvalue weighted by Gasteiger charge is 2.33. The molecule has 0 unspecified atom stereocenters. The number of carbonyl (C=O) groups excluding carboxylic acids is 2. The smallest absolute Gasteiger partial charge is 0.264 e. The summed E-state index contributed by atoms with van der Waals surface area (Å²) < 4.78 is 0. The molecule has 7 heteroatoms. The van der Waals surface area contributed by atoms with Crippen molar-refractivity contribution in [3.63, 3.8) is 0 Å². The van der Waals surface area contributed by atoms with Gasteiger partial charge in [0.25, 0.3) is 11.8 Å². The summed E-state index contributed by atoms with van der Waals surface area (Å²) in [5.74, 6) is -0.283. The van der Waals surface area contributed by atoms with Crippen molar-refractivity contribution in [2.75, 3.05) is 12.0 Å². The third-order valence-corrected chi connectivity index (χ3v) is 5.57. The molecule has 25 heavy (non-hydrogen) atoms. The van der Waals surface area contributed by atoms with Gasteiger partial charge < -0.3 is 4.90 Å². The molecule has 2 heterocycles. The normalized spacial score (nSPS) is 17.2. The minimum atomic E-state index is -0.461. The number of hydrogen-bond donors (Lipinski definition) is 2. The van der Waals surface area contributed by atoms with Crippen LogP contribution >= 0.6 is 22.9 Å². The number of likely N-dealkylation sites (tertiary alicyclic amines) is 1. The van der Waals surface area contributed by atoms with E-state index in [1.807, 2.05) is 30.5 Å². The standard InChI is InChI=1S/C18H20ClN3O2S/c1-12-7-8-13(11-14(12)19)20-21-17(23)15-5-2-3-9-22(15)18(24)16-6-4-10-25-16/h4,6-8,10-11,15,20H,2-3,5,9H2,1H3,(H,21,23)/t15-/m1/s1. The van der Waals surface area contributed by atoms with Gasteiger partial charge in [0.05, 0.1) is 10.6 Å². The molecule has 1 aromatic heterocycles. The van der Waals surface area contributed by atoms with Gasteiger partial charge in [0.1, 0.15) is 6.04 Å². The first-order valence-corrected chi connectivity index (χ1v) is 9.48. The first-order valence-electron chi connectivity index (χ1n) is 8.23. The lowest BCUT2D eigenvalue weighted by atomic mass is 10.0. The molecule has 1 fully saturated rings. The van der Waals surface area contributed by atoms with Crippen molar-refractivity contribution < 1.29 is 9.59 Å². The monoisotopic (exact) mass is 377 g/mol. The van der Waals surface area contributed by atoms with Gasteiger partial charge in [-0.05, 0) is 55.3 Å². The predicted molar refractivity (Wildman–Crippen MR) is 101 cm³/mol. The van der Waals surface area contributed by atoms with Gasteiger partial charge in [0.2, 0.25) is 0 Å². The Morgan fingerprint density at radius 1 is 1.28 bits per heavy atom. The topological polar surface area (TPSA) is 61.4 Å². The molecule has 0 aliphatic carbocycles. The molecule has 3 rings (SSSR count). The molecule has 0 saturated carbocycles. The summed E-state index contributed by atoms with van der Waals surface area (Å²) in [7, 11) is 0. The molecule has 1 aliphatic rings. The van der Waals surface area contributed by atoms with Gasteiger partial charge in [-0.15, -0.1) is 11.3 Å². The van der Waals surface area contributed by atoms with Crippen LogP contribution in [0.5, 0.6) is 0 Å². The molecule has 1 aromatic carbocycles. The van der Waals surface area contributed by atoms with Gasteiger partial charge in [0.15, 0.2) is 0 Å². The first kappa shape index (κ1) is 17.8. The highest BCUT2D eigenvalue weighted by molar-refractivity contribution is 7.12. The Bertz CT molecular complexity index is 764. The van der Waals surface area contributed by atoms with Crippen LogP contribution in [0.4, 0.5) is 5.69 Å². The minimum Gasteiger partial charge on any atom is -0.326 e. The lowest BCUT2D eigenvalue weighted by Gasteiger charge is -2.34. The number of hydrazine groups is 1. The molecule has 1 atom stereocenters. The molecule has 2 N–H and O–H groups in total. The number of carbonyl (C=O) groups is 2. The maximum Gasteiger partial charge on any atom is 0.264 e. The molecule has 132 valence electrons. The number of anilines is 1. The van der Waals surface area contributed by atoms with Gasteiger partial charge in [-0.25, -0.2) is 0 Å². The van der Waals surface area contributed by atoms with Crippen LogP contribution in [0.3, 0.4) is 0 Å². The molecule has 1 aliphatic heterocycles. The summed E-state index contributed by atoms with van der Waals surface area (Å²) >= 11 is 7.49. The van der Waals surface area contributed by atoms with E-state index in [4.69, 9.17) is 11.6 Å². The Morgan fingerprint density at radius 3 is 2.84 bits per heavy atom. The molecular weight excluding hydrogens is 358 g/mol. The van der Waals surface area contributed by atoms with Crippen LogP contribution in [-0.4, -0.2) is 29.3 Å². The summed E-state index contributed by atoms with van der Waals surface area (Å²) in [6.45, 7) is 2.52. The number of amides is 2. The Hall–Kier alpha value is -2.05. The number of nitrogens with one attached hydrogen (secondary N) is 2. The SMILES string of the molecule is Cc1ccc(NNC(=O)[C@H]2CCCCN2C(=O)c2cccs2)cc1Cl. The second-order valence-corrected chi connectivity index (χ2v) is 7.42. The fourth-order valence-electron chi connectivity index (χ4n) is 2.88. The summed E-state index contributed by atoms with van der Waals surface area (Å²) in [5.41, 5.74) is 7.27. The first-order chi connectivity index (χ1) is 12.1. The van der Waals surface area contributed by atoms with Gasteiger partial charge in [-0.1, -0.05) is 23.7 Å². The van der Waals surface area contributed by atoms with Gasteiger partial charge in [-0.2, -0.15) is 0 Å². The summed E-state index contributed by atoms with van der Waals surface area (Å²) in [5, 5.41) is 2.50. The number of benzene rings is 1. The van der Waals surface area contributed by atoms with Crippen LogP contribution in [0.15, 0.2) is 35.7 Å². The van der Waals surface area contributed by atoms with Crippen LogP contribution in [0.2, 0.25) is 5.02 Å². The highest BCUT2D eigenvalue weighted by atomic mass is 35.5. The number of aryl methyl sites for hydroxylation is 1. The van der Waals surface area contributed by atoms with Crippen LogP contribution in [0.25, 0.3) is 0 Å². The zero-order chi connectivity index (χ0) is 17.8. The van der Waals surface area contributed by atoms with Gasteiger partial charge in [-0.3, -0.25) is 20.4 Å². The van der Waals surface area contributed by atoms with Crippen molar-refractivity contribution >= 4 is 40.4 Å². The lowest BCUT2D eigenvalue weighted by Crippen LogP contribution is -2.52. The average Bonchev–Trinajstić information content (AvgIpc) is 3.16. The number of hydrogen-bond acceptors (Lipinski definition) is 4. The van der Waals surface area contributed by atoms with Crippen molar-refractivity contribution in [1.29, 1.82) is 0 Å². The van der Waals surface area contributed by atoms with Crippen LogP contribution < -0.4 is 10.9 Å². The number of piperidine rings is 1. The fraction of sp³-hybridized carbons (Fsp3) is 0.333. The third kappa shape index (κ3) is 4.14. The van der Waals surface area contributed by atoms with Crippen molar-refractivity contribution in [3.05, 3.63) is 51.2 Å². The molecule has 0 bridgehead atoms. The van der Waals surface area contributed by atoms with E-state index in [1.54, 1.807) is 17.0 Å². The van der Waals surface area contributed by atoms with Gasteiger partial charge >= 0.3 is 0 Å². The number of nitrogens with zero attached hydrogens (tertiary/aromatic N) is 1. The number of rotatable bonds is 4. The Balaban J connectivity index is 1.66. The third-order valence-electron chi connectivity index (χ3n) is 4.30. The summed E-state index contributed by atoms with van der Waals surface area (Å²) in [4.78, 5) is 27.6. The molecule has 1 saturated heterocycles. The summed E-state index contributed by atoms with van der Waals surface area (Å²) in [6, 6.07) is 8.66. The minimum absolute atomic E-state index is 0.0757. The molecular formula is C18H20ClN3O2S. The van der Waals surface area contributed by atoms with E-state index in [1.165, 1.54) is 11.3 Å². The zero-order valence-electron chi connectivity index (χ0n) is 13.9. The Morgan fingerprint density at radius 2 is 2.12 bits per heavy atom. The largest absolute Gasteiger partial charge is 0.326 e. The van der Waals surface area contributed by atoms with Crippen molar-refractivity contribution in [3.8, 4) is 0 Å². The van der Waals surface area contributed by atoms with Gasteiger partial charge in [0, 0.05) is 11.6 Å². The molecule has 0 radical (unpaired) electrons. The van der Waals surface area contributed by atoms with E-state index >= 15 is 0 Å². The van der Waals surface area contributed by atoms with E-state index < -0.39 is 6.04 Å². The van der Waals surface area contributed by atoms with Crippen LogP contribution in [0, 0.1) is 6.92 Å². The highest BCUT2D eigenvalue weighted by Crippen LogP contribution is 2.22. The van der Waals surface area contributed by atoms with Crippen molar-refractivity contribution in [2.24, 2.45) is 0 Å². The maximum atomic E-state index is 12.7. The molecule has 5 nitrogen and oxygen atoms in total. The molecule has 2 amide bonds. The second kappa shape index (κ2) is 7.89. The van der Waals surface area contributed by atoms with Crippen LogP contribution in [0.1, 0.15) is 34.5 Å². The quantitative estimate of drug-likeness (QED) is 0.795. The van der Waals surface area contributed by atoms with E-state index in [9.17, 15) is 9.59 Å². The molecule has 2 aromatic rings. The predicted octanol–water partition coefficient (Wildman–Crippen LogP) is 3.85. The molecule has 0 spiro atoms. The number of thiophene rings is 1. The Kier molecular flexibility index (Phi) is 5.60. The van der Waals surface area contributed by atoms with E-state index in [0.717, 1.165) is 18.4 Å². The summed E-state index contributed by atoms with van der Waals surface area (Å²) in [6.07, 6.45) is 2.52. The zero-order valence-corrected chi connectivity index (χ0v) is 15.5. The second-order valence-electron chi connectivity index (χ2n) is 6.07. The lowest BCUT2D eigenvalue weighted by molar-refractivity contribution is -0.126. The number of halogens is 1. The fourth-order valence-corrected chi connectivity index (χ4v) is 3.74. The average molecular weight is 378 g/mol. The Labute approximate surface area is 155 Å².